The van der Waals surface area contributed by atoms with E-state index >= 15 is 0 Å². The molecule has 0 unspecified atom stereocenters. The number of benzene rings is 1. The second kappa shape index (κ2) is 7.29. The molecule has 0 radical (unpaired) electrons. The number of para-hydroxylation sites is 1. The molecule has 6 nitrogen and oxygen atoms in total. The Bertz CT molecular complexity index is 892. The molecule has 3 heterocycles. The number of nitrogens with one attached hydrogen (secondary N) is 1. The molecule has 2 aromatic rings. The molecule has 2 aliphatic heterocycles. The van der Waals surface area contributed by atoms with E-state index in [0.717, 1.165) is 55.5 Å². The van der Waals surface area contributed by atoms with Crippen LogP contribution >= 0.6 is 0 Å². The summed E-state index contributed by atoms with van der Waals surface area (Å²) >= 11 is 0. The lowest BCUT2D eigenvalue weighted by atomic mass is 10.1. The number of hydrogen-bond donors (Lipinski definition) is 1. The Balaban J connectivity index is 1.76. The van der Waals surface area contributed by atoms with Gasteiger partial charge in [-0.05, 0) is 24.6 Å². The van der Waals surface area contributed by atoms with Crippen molar-refractivity contribution in [2.45, 2.75) is 13.0 Å². The van der Waals surface area contributed by atoms with Gasteiger partial charge in [0.2, 0.25) is 0 Å². The largest absolute Gasteiger partial charge is 0.368 e. The monoisotopic (exact) mass is 360 g/mol. The fourth-order valence-electron chi connectivity index (χ4n) is 3.81. The summed E-state index contributed by atoms with van der Waals surface area (Å²) in [7, 11) is 2.00. The number of anilines is 3. The van der Waals surface area contributed by atoms with Crippen molar-refractivity contribution in [3.05, 3.63) is 65.9 Å². The third kappa shape index (κ3) is 3.11. The zero-order chi connectivity index (χ0) is 18.8. The van der Waals surface area contributed by atoms with Gasteiger partial charge in [-0.15, -0.1) is 0 Å². The highest BCUT2D eigenvalue weighted by Gasteiger charge is 2.33. The molecule has 0 bridgehead atoms. The Morgan fingerprint density at radius 3 is 2.93 bits per heavy atom. The first kappa shape index (κ1) is 17.4. The van der Waals surface area contributed by atoms with Crippen molar-refractivity contribution >= 4 is 22.9 Å². The van der Waals surface area contributed by atoms with Crippen LogP contribution in [0.15, 0.2) is 48.9 Å². The third-order valence-electron chi connectivity index (χ3n) is 5.29. The van der Waals surface area contributed by atoms with Gasteiger partial charge in [-0.1, -0.05) is 30.8 Å². The molecule has 0 aliphatic carbocycles. The zero-order valence-corrected chi connectivity index (χ0v) is 15.6. The van der Waals surface area contributed by atoms with E-state index in [1.807, 2.05) is 42.4 Å². The summed E-state index contributed by atoms with van der Waals surface area (Å²) in [6.45, 7) is 16.4. The maximum atomic E-state index is 7.47. The van der Waals surface area contributed by atoms with Crippen LogP contribution in [-0.4, -0.2) is 38.2 Å². The Morgan fingerprint density at radius 1 is 1.22 bits per heavy atom. The van der Waals surface area contributed by atoms with E-state index < -0.39 is 0 Å². The van der Waals surface area contributed by atoms with Crippen molar-refractivity contribution in [1.82, 2.24) is 10.3 Å². The van der Waals surface area contributed by atoms with Crippen LogP contribution in [0.5, 0.6) is 0 Å². The summed E-state index contributed by atoms with van der Waals surface area (Å²) in [4.78, 5) is 15.0. The summed E-state index contributed by atoms with van der Waals surface area (Å²) < 4.78 is 0. The smallest absolute Gasteiger partial charge is 0.192 e. The Morgan fingerprint density at radius 2 is 2.07 bits per heavy atom. The number of rotatable bonds is 3. The number of aromatic nitrogens is 1. The molecule has 27 heavy (non-hydrogen) atoms. The average Bonchev–Trinajstić information content (AvgIpc) is 2.90. The fourth-order valence-corrected chi connectivity index (χ4v) is 3.81. The molecule has 0 atom stereocenters. The zero-order valence-electron chi connectivity index (χ0n) is 15.6. The highest BCUT2D eigenvalue weighted by Crippen LogP contribution is 2.46. The van der Waals surface area contributed by atoms with Gasteiger partial charge < -0.3 is 20.0 Å². The minimum Gasteiger partial charge on any atom is -0.368 e. The molecule has 1 aromatic heterocycles. The fraction of sp³-hybridized carbons (Fsp3) is 0.333. The van der Waals surface area contributed by atoms with Crippen LogP contribution in [-0.2, 0) is 6.54 Å². The minimum absolute atomic E-state index is 0.611. The van der Waals surface area contributed by atoms with E-state index in [-0.39, 0.29) is 0 Å². The SMILES string of the molecule is [C-]#[N+]c1ccccc1CN1C(=C)N(C)c2nccc(N3CCCNCC3)c21. The summed E-state index contributed by atoms with van der Waals surface area (Å²) in [5, 5.41) is 3.47. The minimum atomic E-state index is 0.611. The molecular formula is C21H24N6. The van der Waals surface area contributed by atoms with Crippen LogP contribution < -0.4 is 20.0 Å². The first-order chi connectivity index (χ1) is 13.2. The van der Waals surface area contributed by atoms with Crippen molar-refractivity contribution in [2.75, 3.05) is 47.9 Å². The van der Waals surface area contributed by atoms with Crippen molar-refractivity contribution in [1.29, 1.82) is 0 Å². The second-order valence-electron chi connectivity index (χ2n) is 6.89. The highest BCUT2D eigenvalue weighted by molar-refractivity contribution is 5.89. The summed E-state index contributed by atoms with van der Waals surface area (Å²) in [6, 6.07) is 9.89. The lowest BCUT2D eigenvalue weighted by molar-refractivity contribution is 0.724. The average molecular weight is 360 g/mol. The second-order valence-corrected chi connectivity index (χ2v) is 6.89. The first-order valence-corrected chi connectivity index (χ1v) is 9.31. The van der Waals surface area contributed by atoms with Crippen molar-refractivity contribution < 1.29 is 0 Å². The Kier molecular flexibility index (Phi) is 4.69. The molecular weight excluding hydrogens is 336 g/mol. The predicted octanol–water partition coefficient (Wildman–Crippen LogP) is 3.36. The van der Waals surface area contributed by atoms with Crippen molar-refractivity contribution in [3.8, 4) is 0 Å². The highest BCUT2D eigenvalue weighted by atomic mass is 15.4. The van der Waals surface area contributed by atoms with Gasteiger partial charge in [-0.3, -0.25) is 0 Å². The molecule has 0 amide bonds. The normalized spacial score (nSPS) is 16.9. The van der Waals surface area contributed by atoms with E-state index in [9.17, 15) is 0 Å². The quantitative estimate of drug-likeness (QED) is 0.850. The maximum Gasteiger partial charge on any atom is 0.192 e. The Hall–Kier alpha value is -3.04. The van der Waals surface area contributed by atoms with E-state index in [1.54, 1.807) is 0 Å². The van der Waals surface area contributed by atoms with Gasteiger partial charge in [-0.25, -0.2) is 9.83 Å². The van der Waals surface area contributed by atoms with Gasteiger partial charge in [0.1, 0.15) is 11.5 Å². The molecule has 138 valence electrons. The molecule has 0 saturated carbocycles. The van der Waals surface area contributed by atoms with Crippen molar-refractivity contribution in [3.63, 3.8) is 0 Å². The number of fused-ring (bicyclic) bond motifs is 1. The van der Waals surface area contributed by atoms with Crippen LogP contribution in [0.2, 0.25) is 0 Å². The molecule has 4 rings (SSSR count). The summed E-state index contributed by atoms with van der Waals surface area (Å²) in [5.74, 6) is 1.81. The van der Waals surface area contributed by atoms with Crippen LogP contribution in [0.4, 0.5) is 22.9 Å². The van der Waals surface area contributed by atoms with Crippen molar-refractivity contribution in [2.24, 2.45) is 0 Å². The Labute approximate surface area is 160 Å². The predicted molar refractivity (Wildman–Crippen MR) is 110 cm³/mol. The molecule has 1 N–H and O–H groups in total. The van der Waals surface area contributed by atoms with Crippen LogP contribution in [0, 0.1) is 6.57 Å². The van der Waals surface area contributed by atoms with E-state index in [1.165, 1.54) is 5.69 Å². The van der Waals surface area contributed by atoms with Gasteiger partial charge in [0, 0.05) is 39.4 Å². The molecule has 6 heteroatoms. The summed E-state index contributed by atoms with van der Waals surface area (Å²) in [5.41, 5.74) is 3.97. The number of pyridine rings is 1. The lowest BCUT2D eigenvalue weighted by Gasteiger charge is -2.28. The van der Waals surface area contributed by atoms with Crippen LogP contribution in [0.25, 0.3) is 4.85 Å². The first-order valence-electron chi connectivity index (χ1n) is 9.31. The van der Waals surface area contributed by atoms with E-state index in [2.05, 4.69) is 37.6 Å². The topological polar surface area (TPSA) is 39.0 Å². The van der Waals surface area contributed by atoms with E-state index in [4.69, 9.17) is 6.57 Å². The molecule has 0 spiro atoms. The number of hydrogen-bond acceptors (Lipinski definition) is 5. The van der Waals surface area contributed by atoms with Gasteiger partial charge >= 0.3 is 0 Å². The maximum absolute atomic E-state index is 7.47. The van der Waals surface area contributed by atoms with Gasteiger partial charge in [-0.2, -0.15) is 0 Å². The van der Waals surface area contributed by atoms with E-state index in [0.29, 0.717) is 12.2 Å². The van der Waals surface area contributed by atoms with Gasteiger partial charge in [0.25, 0.3) is 0 Å². The summed E-state index contributed by atoms with van der Waals surface area (Å²) in [6.07, 6.45) is 3.00. The molecule has 1 saturated heterocycles. The van der Waals surface area contributed by atoms with Gasteiger partial charge in [0.05, 0.1) is 12.3 Å². The van der Waals surface area contributed by atoms with Crippen LogP contribution in [0.3, 0.4) is 0 Å². The number of nitrogens with zero attached hydrogens (tertiary/aromatic N) is 5. The lowest BCUT2D eigenvalue weighted by Crippen LogP contribution is -2.30. The van der Waals surface area contributed by atoms with Crippen LogP contribution in [0.1, 0.15) is 12.0 Å². The molecule has 2 aliphatic rings. The molecule has 1 aromatic carbocycles. The van der Waals surface area contributed by atoms with Gasteiger partial charge in [0.15, 0.2) is 11.5 Å². The standard InChI is InChI=1S/C21H24N6/c1-16-25(3)21-20(27(16)15-17-7-4-5-8-18(17)22-2)19(9-11-24-21)26-13-6-10-23-12-14-26/h4-5,7-9,11,23H,1,6,10,12-15H2,3H3. The molecule has 1 fully saturated rings. The third-order valence-corrected chi connectivity index (χ3v) is 5.29.